The van der Waals surface area contributed by atoms with Crippen molar-refractivity contribution in [3.8, 4) is 12.3 Å². The number of nitrogens with one attached hydrogen (secondary N) is 1. The molecule has 2 nitrogen and oxygen atoms in total. The highest BCUT2D eigenvalue weighted by molar-refractivity contribution is 7.10. The summed E-state index contributed by atoms with van der Waals surface area (Å²) in [5.74, 6) is 2.59. The highest BCUT2D eigenvalue weighted by Crippen LogP contribution is 2.09. The molecular formula is C12H15NOS. The highest BCUT2D eigenvalue weighted by Gasteiger charge is 2.09. The summed E-state index contributed by atoms with van der Waals surface area (Å²) in [5, 5.41) is 4.80. The second-order valence-electron chi connectivity index (χ2n) is 3.33. The van der Waals surface area contributed by atoms with Crippen LogP contribution in [0.25, 0.3) is 0 Å². The van der Waals surface area contributed by atoms with Crippen LogP contribution in [0.15, 0.2) is 17.5 Å². The quantitative estimate of drug-likeness (QED) is 0.759. The molecule has 0 aliphatic rings. The predicted molar refractivity (Wildman–Crippen MR) is 63.7 cm³/mol. The molecule has 1 unspecified atom stereocenters. The Kier molecular flexibility index (Phi) is 4.92. The van der Waals surface area contributed by atoms with E-state index in [1.165, 1.54) is 0 Å². The molecule has 15 heavy (non-hydrogen) atoms. The van der Waals surface area contributed by atoms with E-state index >= 15 is 0 Å². The summed E-state index contributed by atoms with van der Waals surface area (Å²) in [7, 11) is 0. The minimum absolute atomic E-state index is 0.00819. The van der Waals surface area contributed by atoms with E-state index in [0.717, 1.165) is 17.7 Å². The van der Waals surface area contributed by atoms with Gasteiger partial charge in [0.25, 0.3) is 0 Å². The van der Waals surface area contributed by atoms with E-state index < -0.39 is 0 Å². The van der Waals surface area contributed by atoms with E-state index in [2.05, 4.69) is 18.2 Å². The van der Waals surface area contributed by atoms with Crippen LogP contribution in [0.5, 0.6) is 0 Å². The molecule has 80 valence electrons. The topological polar surface area (TPSA) is 29.1 Å². The van der Waals surface area contributed by atoms with E-state index in [9.17, 15) is 4.79 Å². The van der Waals surface area contributed by atoms with Gasteiger partial charge in [0, 0.05) is 4.88 Å². The zero-order valence-electron chi connectivity index (χ0n) is 8.82. The van der Waals surface area contributed by atoms with Crippen LogP contribution < -0.4 is 5.32 Å². The minimum atomic E-state index is -0.123. The number of hydrogen-bond donors (Lipinski definition) is 1. The largest absolute Gasteiger partial charge is 0.342 e. The first-order valence-electron chi connectivity index (χ1n) is 5.04. The summed E-state index contributed by atoms with van der Waals surface area (Å²) in [4.78, 5) is 12.6. The van der Waals surface area contributed by atoms with Gasteiger partial charge in [0.15, 0.2) is 0 Å². The molecule has 0 aromatic carbocycles. The first-order chi connectivity index (χ1) is 7.26. The van der Waals surface area contributed by atoms with Crippen LogP contribution in [0, 0.1) is 12.3 Å². The van der Waals surface area contributed by atoms with Crippen molar-refractivity contribution in [2.45, 2.75) is 32.2 Å². The van der Waals surface area contributed by atoms with Crippen LogP contribution in [-0.2, 0) is 11.2 Å². The van der Waals surface area contributed by atoms with E-state index in [4.69, 9.17) is 6.42 Å². The van der Waals surface area contributed by atoms with Crippen molar-refractivity contribution in [1.82, 2.24) is 5.32 Å². The van der Waals surface area contributed by atoms with Crippen LogP contribution in [0.3, 0.4) is 0 Å². The third-order valence-corrected chi connectivity index (χ3v) is 2.91. The molecule has 1 aromatic rings. The summed E-state index contributed by atoms with van der Waals surface area (Å²) < 4.78 is 0. The van der Waals surface area contributed by atoms with Gasteiger partial charge in [0.05, 0.1) is 12.5 Å². The highest BCUT2D eigenvalue weighted by atomic mass is 32.1. The van der Waals surface area contributed by atoms with Crippen molar-refractivity contribution in [2.24, 2.45) is 0 Å². The maximum Gasteiger partial charge on any atom is 0.226 e. The average molecular weight is 221 g/mol. The van der Waals surface area contributed by atoms with Crippen LogP contribution in [0.4, 0.5) is 0 Å². The lowest BCUT2D eigenvalue weighted by Gasteiger charge is -2.11. The molecule has 1 rings (SSSR count). The summed E-state index contributed by atoms with van der Waals surface area (Å²) in [6.45, 7) is 2.05. The van der Waals surface area contributed by atoms with Gasteiger partial charge in [-0.25, -0.2) is 0 Å². The van der Waals surface area contributed by atoms with Crippen LogP contribution >= 0.6 is 11.3 Å². The Morgan fingerprint density at radius 3 is 3.07 bits per heavy atom. The predicted octanol–water partition coefficient (Wildman–Crippen LogP) is 2.21. The SMILES string of the molecule is C#CC(CCC)NC(=O)Cc1cccs1. The van der Waals surface area contributed by atoms with Gasteiger partial charge < -0.3 is 5.32 Å². The Morgan fingerprint density at radius 1 is 1.73 bits per heavy atom. The van der Waals surface area contributed by atoms with Crippen LogP contribution in [-0.4, -0.2) is 11.9 Å². The molecule has 0 bridgehead atoms. The molecule has 1 amide bonds. The molecule has 0 saturated carbocycles. The van der Waals surface area contributed by atoms with Gasteiger partial charge in [-0.1, -0.05) is 25.3 Å². The van der Waals surface area contributed by atoms with Crippen molar-refractivity contribution < 1.29 is 4.79 Å². The summed E-state index contributed by atoms with van der Waals surface area (Å²) in [5.41, 5.74) is 0. The van der Waals surface area contributed by atoms with Gasteiger partial charge in [-0.15, -0.1) is 17.8 Å². The fourth-order valence-electron chi connectivity index (χ4n) is 1.30. The molecule has 0 radical (unpaired) electrons. The number of thiophene rings is 1. The first kappa shape index (κ1) is 11.8. The van der Waals surface area contributed by atoms with E-state index in [-0.39, 0.29) is 11.9 Å². The Bertz CT molecular complexity index is 337. The smallest absolute Gasteiger partial charge is 0.226 e. The summed E-state index contributed by atoms with van der Waals surface area (Å²) in [6.07, 6.45) is 7.57. The Hall–Kier alpha value is -1.27. The van der Waals surface area contributed by atoms with Gasteiger partial charge in [-0.05, 0) is 17.9 Å². The number of carbonyl (C=O) groups is 1. The third kappa shape index (κ3) is 4.18. The zero-order chi connectivity index (χ0) is 11.1. The number of terminal acetylenes is 1. The van der Waals surface area contributed by atoms with Crippen LogP contribution in [0.2, 0.25) is 0 Å². The molecule has 1 aromatic heterocycles. The monoisotopic (exact) mass is 221 g/mol. The Balaban J connectivity index is 2.38. The number of hydrogen-bond acceptors (Lipinski definition) is 2. The summed E-state index contributed by atoms with van der Waals surface area (Å²) >= 11 is 1.59. The molecule has 3 heteroatoms. The number of carbonyl (C=O) groups excluding carboxylic acids is 1. The fourth-order valence-corrected chi connectivity index (χ4v) is 2.01. The van der Waals surface area contributed by atoms with E-state index in [1.807, 2.05) is 17.5 Å². The second-order valence-corrected chi connectivity index (χ2v) is 4.36. The first-order valence-corrected chi connectivity index (χ1v) is 5.92. The Labute approximate surface area is 94.7 Å². The van der Waals surface area contributed by atoms with Gasteiger partial charge in [-0.2, -0.15) is 0 Å². The normalized spacial score (nSPS) is 11.7. The van der Waals surface area contributed by atoms with Gasteiger partial charge in [0.2, 0.25) is 5.91 Å². The molecule has 0 aliphatic heterocycles. The lowest BCUT2D eigenvalue weighted by molar-refractivity contribution is -0.120. The zero-order valence-corrected chi connectivity index (χ0v) is 9.64. The fraction of sp³-hybridized carbons (Fsp3) is 0.417. The molecular weight excluding hydrogens is 206 g/mol. The molecule has 0 saturated heterocycles. The van der Waals surface area contributed by atoms with Crippen molar-refractivity contribution >= 4 is 17.2 Å². The number of rotatable bonds is 5. The van der Waals surface area contributed by atoms with Crippen molar-refractivity contribution in [3.05, 3.63) is 22.4 Å². The van der Waals surface area contributed by atoms with E-state index in [1.54, 1.807) is 11.3 Å². The summed E-state index contributed by atoms with van der Waals surface area (Å²) in [6, 6.07) is 3.77. The lowest BCUT2D eigenvalue weighted by Crippen LogP contribution is -2.34. The standard InChI is InChI=1S/C12H15NOS/c1-3-6-10(4-2)13-12(14)9-11-7-5-8-15-11/h2,5,7-8,10H,3,6,9H2,1H3,(H,13,14). The van der Waals surface area contributed by atoms with Gasteiger partial charge in [-0.3, -0.25) is 4.79 Å². The molecule has 0 fully saturated rings. The maximum atomic E-state index is 11.6. The van der Waals surface area contributed by atoms with Crippen molar-refractivity contribution in [1.29, 1.82) is 0 Å². The molecule has 0 aliphatic carbocycles. The van der Waals surface area contributed by atoms with E-state index in [0.29, 0.717) is 6.42 Å². The van der Waals surface area contributed by atoms with Crippen molar-refractivity contribution in [3.63, 3.8) is 0 Å². The van der Waals surface area contributed by atoms with Gasteiger partial charge >= 0.3 is 0 Å². The molecule has 1 N–H and O–H groups in total. The Morgan fingerprint density at radius 2 is 2.53 bits per heavy atom. The average Bonchev–Trinajstić information content (AvgIpc) is 2.69. The second kappa shape index (κ2) is 6.26. The lowest BCUT2D eigenvalue weighted by atomic mass is 10.1. The van der Waals surface area contributed by atoms with Crippen LogP contribution in [0.1, 0.15) is 24.6 Å². The molecule has 1 atom stereocenters. The van der Waals surface area contributed by atoms with Crippen molar-refractivity contribution in [2.75, 3.05) is 0 Å². The van der Waals surface area contributed by atoms with Gasteiger partial charge in [0.1, 0.15) is 0 Å². The number of amides is 1. The molecule has 0 spiro atoms. The maximum absolute atomic E-state index is 11.6. The minimum Gasteiger partial charge on any atom is -0.342 e. The third-order valence-electron chi connectivity index (χ3n) is 2.03. The molecule has 1 heterocycles.